The second-order valence-electron chi connectivity index (χ2n) is 4.76. The van der Waals surface area contributed by atoms with E-state index in [2.05, 4.69) is 10.2 Å². The number of halogens is 3. The molecule has 1 N–H and O–H groups in total. The first kappa shape index (κ1) is 13.8. The van der Waals surface area contributed by atoms with Gasteiger partial charge in [0.05, 0.1) is 6.42 Å². The van der Waals surface area contributed by atoms with Crippen molar-refractivity contribution in [1.29, 1.82) is 0 Å². The number of rotatable bonds is 4. The van der Waals surface area contributed by atoms with Gasteiger partial charge in [0.15, 0.2) is 0 Å². The van der Waals surface area contributed by atoms with Crippen LogP contribution in [0.4, 0.5) is 13.2 Å². The van der Waals surface area contributed by atoms with Gasteiger partial charge in [-0.25, -0.2) is 0 Å². The number of alkyl halides is 3. The van der Waals surface area contributed by atoms with Crippen LogP contribution < -0.4 is 5.32 Å². The predicted octanol–water partition coefficient (Wildman–Crippen LogP) is 2.40. The van der Waals surface area contributed by atoms with Crippen LogP contribution in [0.5, 0.6) is 0 Å². The average Bonchev–Trinajstić information content (AvgIpc) is 2.14. The lowest BCUT2D eigenvalue weighted by molar-refractivity contribution is -0.139. The SMILES string of the molecule is CC(CC(F)(F)F)NCC1CCCCN1C. The number of hydrogen-bond donors (Lipinski definition) is 1. The molecule has 1 heterocycles. The molecule has 2 nitrogen and oxygen atoms in total. The molecule has 1 aliphatic rings. The fraction of sp³-hybridized carbons (Fsp3) is 1.00. The lowest BCUT2D eigenvalue weighted by Gasteiger charge is -2.33. The van der Waals surface area contributed by atoms with Crippen molar-refractivity contribution in [2.75, 3.05) is 20.1 Å². The van der Waals surface area contributed by atoms with Gasteiger partial charge in [0, 0.05) is 18.6 Å². The molecule has 1 rings (SSSR count). The van der Waals surface area contributed by atoms with E-state index in [0.29, 0.717) is 12.6 Å². The van der Waals surface area contributed by atoms with E-state index >= 15 is 0 Å². The number of nitrogens with zero attached hydrogens (tertiary/aromatic N) is 1. The number of likely N-dealkylation sites (N-methyl/N-ethyl adjacent to an activating group) is 1. The first-order chi connectivity index (χ1) is 7.38. The van der Waals surface area contributed by atoms with Gasteiger partial charge in [-0.05, 0) is 33.4 Å². The van der Waals surface area contributed by atoms with Crippen LogP contribution in [0.1, 0.15) is 32.6 Å². The Kier molecular flexibility index (Phi) is 5.05. The summed E-state index contributed by atoms with van der Waals surface area (Å²) in [6, 6.07) is -0.0974. The van der Waals surface area contributed by atoms with Crippen molar-refractivity contribution in [3.63, 3.8) is 0 Å². The van der Waals surface area contributed by atoms with Gasteiger partial charge >= 0.3 is 6.18 Å². The van der Waals surface area contributed by atoms with Crippen molar-refractivity contribution in [2.24, 2.45) is 0 Å². The third-order valence-corrected chi connectivity index (χ3v) is 3.16. The number of likely N-dealkylation sites (tertiary alicyclic amines) is 1. The van der Waals surface area contributed by atoms with Gasteiger partial charge in [-0.1, -0.05) is 6.42 Å². The first-order valence-corrected chi connectivity index (χ1v) is 5.89. The smallest absolute Gasteiger partial charge is 0.312 e. The molecule has 1 saturated heterocycles. The minimum absolute atomic E-state index is 0.393. The molecule has 16 heavy (non-hydrogen) atoms. The Hall–Kier alpha value is -0.290. The van der Waals surface area contributed by atoms with Gasteiger partial charge in [-0.2, -0.15) is 13.2 Å². The summed E-state index contributed by atoms with van der Waals surface area (Å²) < 4.78 is 36.3. The van der Waals surface area contributed by atoms with Crippen LogP contribution in [0.2, 0.25) is 0 Å². The molecule has 0 aromatic heterocycles. The Bertz CT molecular complexity index is 206. The Balaban J connectivity index is 2.22. The molecule has 2 atom stereocenters. The van der Waals surface area contributed by atoms with E-state index in [4.69, 9.17) is 0 Å². The fourth-order valence-corrected chi connectivity index (χ4v) is 2.16. The van der Waals surface area contributed by atoms with E-state index in [1.165, 1.54) is 12.8 Å². The maximum Gasteiger partial charge on any atom is 0.390 e. The van der Waals surface area contributed by atoms with Crippen LogP contribution >= 0.6 is 0 Å². The van der Waals surface area contributed by atoms with E-state index in [-0.39, 0.29) is 0 Å². The van der Waals surface area contributed by atoms with E-state index in [9.17, 15) is 13.2 Å². The van der Waals surface area contributed by atoms with Gasteiger partial charge in [-0.15, -0.1) is 0 Å². The molecule has 1 fully saturated rings. The lowest BCUT2D eigenvalue weighted by Crippen LogP contribution is -2.45. The number of hydrogen-bond acceptors (Lipinski definition) is 2. The van der Waals surface area contributed by atoms with Crippen molar-refractivity contribution in [2.45, 2.75) is 50.9 Å². The molecule has 1 aliphatic heterocycles. The van der Waals surface area contributed by atoms with Crippen molar-refractivity contribution < 1.29 is 13.2 Å². The molecule has 0 saturated carbocycles. The van der Waals surface area contributed by atoms with Crippen LogP contribution in [-0.2, 0) is 0 Å². The zero-order valence-corrected chi connectivity index (χ0v) is 9.98. The Morgan fingerprint density at radius 1 is 1.38 bits per heavy atom. The second-order valence-corrected chi connectivity index (χ2v) is 4.76. The molecule has 0 aromatic rings. The third-order valence-electron chi connectivity index (χ3n) is 3.16. The Morgan fingerprint density at radius 3 is 2.62 bits per heavy atom. The summed E-state index contributed by atoms with van der Waals surface area (Å²) in [5.41, 5.74) is 0. The summed E-state index contributed by atoms with van der Waals surface area (Å²) in [4.78, 5) is 2.23. The maximum absolute atomic E-state index is 12.1. The predicted molar refractivity (Wildman–Crippen MR) is 58.4 cm³/mol. The van der Waals surface area contributed by atoms with Gasteiger partial charge in [0.1, 0.15) is 0 Å². The fourth-order valence-electron chi connectivity index (χ4n) is 2.16. The molecule has 5 heteroatoms. The molecule has 0 radical (unpaired) electrons. The summed E-state index contributed by atoms with van der Waals surface area (Å²) in [5.74, 6) is 0. The summed E-state index contributed by atoms with van der Waals surface area (Å²) in [6.45, 7) is 3.31. The van der Waals surface area contributed by atoms with Crippen molar-refractivity contribution in [3.8, 4) is 0 Å². The molecule has 0 amide bonds. The molecule has 96 valence electrons. The highest BCUT2D eigenvalue weighted by Crippen LogP contribution is 2.21. The van der Waals surface area contributed by atoms with E-state index in [1.54, 1.807) is 6.92 Å². The van der Waals surface area contributed by atoms with Gasteiger partial charge in [0.2, 0.25) is 0 Å². The van der Waals surface area contributed by atoms with Crippen LogP contribution in [0.15, 0.2) is 0 Å². The number of piperidine rings is 1. The van der Waals surface area contributed by atoms with Crippen LogP contribution in [0, 0.1) is 0 Å². The Morgan fingerprint density at radius 2 is 2.06 bits per heavy atom. The number of nitrogens with one attached hydrogen (secondary N) is 1. The highest BCUT2D eigenvalue weighted by Gasteiger charge is 2.30. The van der Waals surface area contributed by atoms with E-state index in [0.717, 1.165) is 13.0 Å². The van der Waals surface area contributed by atoms with Gasteiger partial charge in [-0.3, -0.25) is 0 Å². The maximum atomic E-state index is 12.1. The van der Waals surface area contributed by atoms with Crippen molar-refractivity contribution in [3.05, 3.63) is 0 Å². The summed E-state index contributed by atoms with van der Waals surface area (Å²) >= 11 is 0. The summed E-state index contributed by atoms with van der Waals surface area (Å²) in [5, 5.41) is 2.98. The molecule has 0 bridgehead atoms. The largest absolute Gasteiger partial charge is 0.390 e. The lowest BCUT2D eigenvalue weighted by atomic mass is 10.0. The first-order valence-electron chi connectivity index (χ1n) is 5.89. The monoisotopic (exact) mass is 238 g/mol. The summed E-state index contributed by atoms with van der Waals surface area (Å²) in [7, 11) is 2.04. The minimum atomic E-state index is -4.06. The van der Waals surface area contributed by atoms with Gasteiger partial charge in [0.25, 0.3) is 0 Å². The quantitative estimate of drug-likeness (QED) is 0.809. The molecule has 2 unspecified atom stereocenters. The molecule has 0 spiro atoms. The standard InChI is InChI=1S/C11H21F3N2/c1-9(7-11(12,13)14)15-8-10-5-3-4-6-16(10)2/h9-10,15H,3-8H2,1-2H3. The second kappa shape index (κ2) is 5.87. The molecule has 0 aliphatic carbocycles. The van der Waals surface area contributed by atoms with Crippen molar-refractivity contribution >= 4 is 0 Å². The van der Waals surface area contributed by atoms with Gasteiger partial charge < -0.3 is 10.2 Å². The normalized spacial score (nSPS) is 25.7. The van der Waals surface area contributed by atoms with E-state index in [1.807, 2.05) is 7.05 Å². The zero-order chi connectivity index (χ0) is 12.2. The minimum Gasteiger partial charge on any atom is -0.312 e. The molecule has 0 aromatic carbocycles. The molecular weight excluding hydrogens is 217 g/mol. The highest BCUT2D eigenvalue weighted by molar-refractivity contribution is 4.78. The van der Waals surface area contributed by atoms with Crippen LogP contribution in [0.3, 0.4) is 0 Å². The van der Waals surface area contributed by atoms with Crippen LogP contribution in [0.25, 0.3) is 0 Å². The zero-order valence-electron chi connectivity index (χ0n) is 9.98. The topological polar surface area (TPSA) is 15.3 Å². The Labute approximate surface area is 95.2 Å². The van der Waals surface area contributed by atoms with Crippen molar-refractivity contribution in [1.82, 2.24) is 10.2 Å². The molecular formula is C11H21F3N2. The average molecular weight is 238 g/mol. The third kappa shape index (κ3) is 5.16. The highest BCUT2D eigenvalue weighted by atomic mass is 19.4. The van der Waals surface area contributed by atoms with E-state index < -0.39 is 18.6 Å². The van der Waals surface area contributed by atoms with Crippen LogP contribution in [-0.4, -0.2) is 43.3 Å². The summed E-state index contributed by atoms with van der Waals surface area (Å²) in [6.07, 6.45) is -1.34.